The molecule has 2 aromatic rings. The maximum absolute atomic E-state index is 13.0. The van der Waals surface area contributed by atoms with Crippen LogP contribution in [0.4, 0.5) is 10.2 Å². The molecule has 0 saturated heterocycles. The summed E-state index contributed by atoms with van der Waals surface area (Å²) < 4.78 is 13.0. The monoisotopic (exact) mass is 281 g/mol. The minimum atomic E-state index is -1.13. The number of hydrogen-bond donors (Lipinski definition) is 2. The third kappa shape index (κ3) is 3.38. The minimum absolute atomic E-state index is 0.0478. The lowest BCUT2D eigenvalue weighted by Crippen LogP contribution is -2.05. The van der Waals surface area contributed by atoms with Crippen molar-refractivity contribution in [1.29, 1.82) is 0 Å². The molecule has 0 aliphatic heterocycles. The molecule has 0 radical (unpaired) electrons. The molecular formula is C12H9ClFN3O2. The molecule has 1 aromatic carbocycles. The van der Waals surface area contributed by atoms with E-state index in [1.807, 2.05) is 0 Å². The Bertz CT molecular complexity index is 604. The Labute approximate surface area is 113 Å². The van der Waals surface area contributed by atoms with E-state index in [9.17, 15) is 9.18 Å². The van der Waals surface area contributed by atoms with Crippen molar-refractivity contribution in [2.45, 2.75) is 6.54 Å². The number of rotatable bonds is 4. The lowest BCUT2D eigenvalue weighted by Gasteiger charge is -2.06. The fraction of sp³-hybridized carbons (Fsp3) is 0.0833. The molecule has 1 heterocycles. The van der Waals surface area contributed by atoms with Crippen molar-refractivity contribution in [3.05, 3.63) is 52.7 Å². The molecule has 0 aliphatic rings. The number of benzene rings is 1. The SMILES string of the molecule is O=C(O)c1cnc(NCc2ccc(F)c(Cl)c2)cn1. The number of hydrogen-bond acceptors (Lipinski definition) is 4. The fourth-order valence-electron chi connectivity index (χ4n) is 1.37. The van der Waals surface area contributed by atoms with Crippen molar-refractivity contribution < 1.29 is 14.3 Å². The largest absolute Gasteiger partial charge is 0.476 e. The van der Waals surface area contributed by atoms with Crippen LogP contribution in [0.15, 0.2) is 30.6 Å². The second-order valence-electron chi connectivity index (χ2n) is 3.69. The second kappa shape index (κ2) is 5.62. The highest BCUT2D eigenvalue weighted by molar-refractivity contribution is 6.30. The van der Waals surface area contributed by atoms with Crippen LogP contribution >= 0.6 is 11.6 Å². The maximum Gasteiger partial charge on any atom is 0.356 e. The molecule has 7 heteroatoms. The molecule has 19 heavy (non-hydrogen) atoms. The molecule has 0 atom stereocenters. The Morgan fingerprint density at radius 2 is 2.16 bits per heavy atom. The van der Waals surface area contributed by atoms with Gasteiger partial charge in [-0.05, 0) is 17.7 Å². The predicted octanol–water partition coefficient (Wildman–Crippen LogP) is 2.58. The summed E-state index contributed by atoms with van der Waals surface area (Å²) in [5.74, 6) is -1.19. The molecule has 0 aliphatic carbocycles. The van der Waals surface area contributed by atoms with Crippen LogP contribution in [-0.2, 0) is 6.54 Å². The normalized spacial score (nSPS) is 10.2. The molecule has 0 bridgehead atoms. The van der Waals surface area contributed by atoms with Gasteiger partial charge in [0.15, 0.2) is 5.69 Å². The fourth-order valence-corrected chi connectivity index (χ4v) is 1.58. The molecule has 2 rings (SSSR count). The van der Waals surface area contributed by atoms with Gasteiger partial charge in [-0.15, -0.1) is 0 Å². The molecule has 5 nitrogen and oxygen atoms in total. The van der Waals surface area contributed by atoms with E-state index in [1.54, 1.807) is 6.07 Å². The van der Waals surface area contributed by atoms with Crippen molar-refractivity contribution in [1.82, 2.24) is 9.97 Å². The summed E-state index contributed by atoms with van der Waals surface area (Å²) in [6.45, 7) is 0.376. The van der Waals surface area contributed by atoms with Gasteiger partial charge >= 0.3 is 5.97 Å². The van der Waals surface area contributed by atoms with E-state index in [0.29, 0.717) is 12.4 Å². The topological polar surface area (TPSA) is 75.1 Å². The van der Waals surface area contributed by atoms with Gasteiger partial charge in [0.25, 0.3) is 0 Å². The van der Waals surface area contributed by atoms with Crippen LogP contribution in [0.5, 0.6) is 0 Å². The van der Waals surface area contributed by atoms with Gasteiger partial charge in [-0.1, -0.05) is 17.7 Å². The molecule has 0 saturated carbocycles. The molecule has 1 aromatic heterocycles. The average molecular weight is 282 g/mol. The van der Waals surface area contributed by atoms with Crippen molar-refractivity contribution in [3.63, 3.8) is 0 Å². The maximum atomic E-state index is 13.0. The summed E-state index contributed by atoms with van der Waals surface area (Å²) in [6.07, 6.45) is 2.47. The third-order valence-electron chi connectivity index (χ3n) is 2.33. The van der Waals surface area contributed by atoms with Gasteiger partial charge in [0.2, 0.25) is 0 Å². The zero-order valence-corrected chi connectivity index (χ0v) is 10.4. The van der Waals surface area contributed by atoms with Crippen LogP contribution in [0.2, 0.25) is 5.02 Å². The van der Waals surface area contributed by atoms with E-state index in [-0.39, 0.29) is 10.7 Å². The molecule has 0 amide bonds. The number of carboxylic acid groups (broad SMARTS) is 1. The van der Waals surface area contributed by atoms with E-state index < -0.39 is 11.8 Å². The van der Waals surface area contributed by atoms with Gasteiger partial charge in [0, 0.05) is 6.54 Å². The average Bonchev–Trinajstić information content (AvgIpc) is 2.40. The first-order valence-corrected chi connectivity index (χ1v) is 5.67. The summed E-state index contributed by atoms with van der Waals surface area (Å²) in [4.78, 5) is 18.2. The van der Waals surface area contributed by atoms with E-state index in [2.05, 4.69) is 15.3 Å². The number of carbonyl (C=O) groups is 1. The Hall–Kier alpha value is -2.21. The molecule has 2 N–H and O–H groups in total. The van der Waals surface area contributed by atoms with Crippen molar-refractivity contribution >= 4 is 23.4 Å². The lowest BCUT2D eigenvalue weighted by atomic mass is 10.2. The second-order valence-corrected chi connectivity index (χ2v) is 4.10. The van der Waals surface area contributed by atoms with E-state index in [4.69, 9.17) is 16.7 Å². The lowest BCUT2D eigenvalue weighted by molar-refractivity contribution is 0.0690. The Balaban J connectivity index is 2.01. The first-order chi connectivity index (χ1) is 9.06. The summed E-state index contributed by atoms with van der Waals surface area (Å²) in [5, 5.41) is 11.6. The quantitative estimate of drug-likeness (QED) is 0.901. The Morgan fingerprint density at radius 1 is 1.37 bits per heavy atom. The van der Waals surface area contributed by atoms with Gasteiger partial charge in [0.1, 0.15) is 11.6 Å². The number of nitrogens with zero attached hydrogens (tertiary/aromatic N) is 2. The van der Waals surface area contributed by atoms with Crippen molar-refractivity contribution in [3.8, 4) is 0 Å². The van der Waals surface area contributed by atoms with Gasteiger partial charge in [0.05, 0.1) is 17.4 Å². The number of aromatic nitrogens is 2. The van der Waals surface area contributed by atoms with Crippen LogP contribution in [-0.4, -0.2) is 21.0 Å². The first kappa shape index (κ1) is 13.2. The third-order valence-corrected chi connectivity index (χ3v) is 2.62. The highest BCUT2D eigenvalue weighted by Crippen LogP contribution is 2.16. The van der Waals surface area contributed by atoms with Crippen LogP contribution < -0.4 is 5.32 Å². The zero-order chi connectivity index (χ0) is 13.8. The number of aromatic carboxylic acids is 1. The van der Waals surface area contributed by atoms with Gasteiger partial charge in [-0.3, -0.25) is 0 Å². The molecular weight excluding hydrogens is 273 g/mol. The van der Waals surface area contributed by atoms with Crippen LogP contribution in [0.1, 0.15) is 16.1 Å². The van der Waals surface area contributed by atoms with Gasteiger partial charge in [-0.2, -0.15) is 0 Å². The summed E-state index contributed by atoms with van der Waals surface area (Å²) in [5.41, 5.74) is 0.644. The molecule has 0 spiro atoms. The van der Waals surface area contributed by atoms with E-state index >= 15 is 0 Å². The number of halogens is 2. The molecule has 98 valence electrons. The summed E-state index contributed by atoms with van der Waals surface area (Å²) in [7, 11) is 0. The highest BCUT2D eigenvalue weighted by atomic mass is 35.5. The standard InChI is InChI=1S/C12H9ClFN3O2/c13-8-3-7(1-2-9(8)14)4-16-11-6-15-10(5-17-11)12(18)19/h1-3,5-6H,4H2,(H,16,17)(H,18,19). The summed E-state index contributed by atoms with van der Waals surface area (Å²) >= 11 is 5.66. The van der Waals surface area contributed by atoms with Crippen LogP contribution in [0, 0.1) is 5.82 Å². The van der Waals surface area contributed by atoms with Crippen LogP contribution in [0.3, 0.4) is 0 Å². The Morgan fingerprint density at radius 3 is 2.74 bits per heavy atom. The van der Waals surface area contributed by atoms with Crippen molar-refractivity contribution in [2.24, 2.45) is 0 Å². The first-order valence-electron chi connectivity index (χ1n) is 5.29. The minimum Gasteiger partial charge on any atom is -0.476 e. The summed E-state index contributed by atoms with van der Waals surface area (Å²) in [6, 6.07) is 4.37. The number of anilines is 1. The van der Waals surface area contributed by atoms with Gasteiger partial charge < -0.3 is 10.4 Å². The Kier molecular flexibility index (Phi) is 3.91. The van der Waals surface area contributed by atoms with E-state index in [0.717, 1.165) is 11.8 Å². The van der Waals surface area contributed by atoms with Crippen LogP contribution in [0.25, 0.3) is 0 Å². The zero-order valence-electron chi connectivity index (χ0n) is 9.60. The smallest absolute Gasteiger partial charge is 0.356 e. The highest BCUT2D eigenvalue weighted by Gasteiger charge is 2.05. The predicted molar refractivity (Wildman–Crippen MR) is 67.7 cm³/mol. The van der Waals surface area contributed by atoms with E-state index in [1.165, 1.54) is 18.3 Å². The van der Waals surface area contributed by atoms with Crippen molar-refractivity contribution in [2.75, 3.05) is 5.32 Å². The molecule has 0 unspecified atom stereocenters. The molecule has 0 fully saturated rings. The number of nitrogens with one attached hydrogen (secondary N) is 1. The number of carboxylic acids is 1. The van der Waals surface area contributed by atoms with Gasteiger partial charge in [-0.25, -0.2) is 19.2 Å².